The number of likely N-dealkylation sites (tertiary alicyclic amines) is 1. The predicted molar refractivity (Wildman–Crippen MR) is 114 cm³/mol. The zero-order chi connectivity index (χ0) is 21.1. The summed E-state index contributed by atoms with van der Waals surface area (Å²) in [5, 5.41) is 0.0755. The Labute approximate surface area is 176 Å². The van der Waals surface area contributed by atoms with Gasteiger partial charge >= 0.3 is 0 Å². The normalized spacial score (nSPS) is 17.2. The van der Waals surface area contributed by atoms with Crippen molar-refractivity contribution in [2.45, 2.75) is 35.5 Å². The van der Waals surface area contributed by atoms with Crippen molar-refractivity contribution in [3.63, 3.8) is 0 Å². The van der Waals surface area contributed by atoms with Crippen LogP contribution in [0.4, 0.5) is 5.69 Å². The lowest BCUT2D eigenvalue weighted by atomic mass is 10.2. The molecular weight excluding hydrogens is 434 g/mol. The lowest BCUT2D eigenvalue weighted by molar-refractivity contribution is 0.494. The maximum absolute atomic E-state index is 12.8. The molecule has 2 aromatic carbocycles. The van der Waals surface area contributed by atoms with E-state index in [-0.39, 0.29) is 20.5 Å². The van der Waals surface area contributed by atoms with Gasteiger partial charge in [0, 0.05) is 20.0 Å². The molecule has 1 N–H and O–H groups in total. The monoisotopic (exact) mass is 455 g/mol. The van der Waals surface area contributed by atoms with Gasteiger partial charge in [0.05, 0.1) is 15.6 Å². The van der Waals surface area contributed by atoms with Gasteiger partial charge in [0.1, 0.15) is 10.7 Å². The largest absolute Gasteiger partial charge is 0.362 e. The highest BCUT2D eigenvalue weighted by molar-refractivity contribution is 7.93. The first-order valence-electron chi connectivity index (χ1n) is 9.11. The van der Waals surface area contributed by atoms with Crippen LogP contribution in [-0.2, 0) is 20.0 Å². The zero-order valence-electron chi connectivity index (χ0n) is 15.9. The fourth-order valence-corrected chi connectivity index (χ4v) is 5.74. The topological polar surface area (TPSA) is 95.9 Å². The molecule has 0 aromatic heterocycles. The number of benzene rings is 2. The van der Waals surface area contributed by atoms with Crippen molar-refractivity contribution in [2.75, 3.05) is 18.3 Å². The summed E-state index contributed by atoms with van der Waals surface area (Å²) in [6.07, 6.45) is 3.50. The van der Waals surface area contributed by atoms with Crippen LogP contribution in [0, 0.1) is 0 Å². The Morgan fingerprint density at radius 3 is 2.52 bits per heavy atom. The maximum atomic E-state index is 12.8. The number of halogens is 1. The predicted octanol–water partition coefficient (Wildman–Crippen LogP) is 3.73. The second-order valence-electron chi connectivity index (χ2n) is 6.78. The molecule has 1 aliphatic heterocycles. The van der Waals surface area contributed by atoms with E-state index in [1.54, 1.807) is 12.1 Å². The molecule has 0 unspecified atom stereocenters. The van der Waals surface area contributed by atoms with E-state index < -0.39 is 20.0 Å². The van der Waals surface area contributed by atoms with E-state index in [2.05, 4.69) is 9.12 Å². The fraction of sp³-hybridized carbons (Fsp3) is 0.316. The zero-order valence-corrected chi connectivity index (χ0v) is 18.3. The van der Waals surface area contributed by atoms with Gasteiger partial charge in [0.15, 0.2) is 0 Å². The van der Waals surface area contributed by atoms with Crippen molar-refractivity contribution < 1.29 is 16.8 Å². The van der Waals surface area contributed by atoms with Gasteiger partial charge in [-0.1, -0.05) is 36.2 Å². The number of nitrogens with one attached hydrogen (secondary N) is 1. The summed E-state index contributed by atoms with van der Waals surface area (Å²) in [4.78, 5) is 1.69. The second-order valence-corrected chi connectivity index (χ2v) is 10.4. The number of sulfonamides is 2. The van der Waals surface area contributed by atoms with E-state index in [9.17, 15) is 16.8 Å². The van der Waals surface area contributed by atoms with Gasteiger partial charge in [0.2, 0.25) is 0 Å². The molecule has 1 aliphatic rings. The molecule has 0 spiro atoms. The molecule has 29 heavy (non-hydrogen) atoms. The van der Waals surface area contributed by atoms with Gasteiger partial charge in [-0.2, -0.15) is 8.42 Å². The molecule has 2 aromatic rings. The van der Waals surface area contributed by atoms with E-state index >= 15 is 0 Å². The Morgan fingerprint density at radius 2 is 1.76 bits per heavy atom. The van der Waals surface area contributed by atoms with Crippen molar-refractivity contribution in [1.82, 2.24) is 4.90 Å². The van der Waals surface area contributed by atoms with Gasteiger partial charge in [-0.3, -0.25) is 4.72 Å². The summed E-state index contributed by atoms with van der Waals surface area (Å²) in [5.41, 5.74) is 0.111. The van der Waals surface area contributed by atoms with Crippen molar-refractivity contribution in [1.29, 1.82) is 0 Å². The van der Waals surface area contributed by atoms with E-state index in [0.29, 0.717) is 12.3 Å². The molecule has 10 heteroatoms. The minimum absolute atomic E-state index is 0.0755. The van der Waals surface area contributed by atoms with Crippen LogP contribution in [0.2, 0.25) is 5.02 Å². The third-order valence-electron chi connectivity index (χ3n) is 4.57. The summed E-state index contributed by atoms with van der Waals surface area (Å²) < 4.78 is 57.2. The summed E-state index contributed by atoms with van der Waals surface area (Å²) in [5.74, 6) is 0.518. The Morgan fingerprint density at radius 1 is 1.00 bits per heavy atom. The Bertz CT molecular complexity index is 1130. The van der Waals surface area contributed by atoms with Crippen LogP contribution in [0.5, 0.6) is 0 Å². The van der Waals surface area contributed by atoms with Crippen LogP contribution < -0.4 is 4.72 Å². The molecule has 0 aliphatic carbocycles. The van der Waals surface area contributed by atoms with Crippen LogP contribution in [0.1, 0.15) is 25.7 Å². The molecule has 0 radical (unpaired) electrons. The quantitative estimate of drug-likeness (QED) is 0.740. The maximum Gasteiger partial charge on any atom is 0.284 e. The Hall–Kier alpha value is -2.10. The number of hydrogen-bond donors (Lipinski definition) is 1. The number of nitrogens with zero attached hydrogens (tertiary/aromatic N) is 2. The van der Waals surface area contributed by atoms with Gasteiger partial charge in [-0.25, -0.2) is 8.42 Å². The highest BCUT2D eigenvalue weighted by Crippen LogP contribution is 2.25. The molecule has 0 atom stereocenters. The smallest absolute Gasteiger partial charge is 0.284 e. The Kier molecular flexibility index (Phi) is 6.50. The van der Waals surface area contributed by atoms with E-state index in [1.807, 2.05) is 11.9 Å². The van der Waals surface area contributed by atoms with Gasteiger partial charge in [-0.05, 0) is 43.2 Å². The fourth-order valence-electron chi connectivity index (χ4n) is 3.03. The first-order chi connectivity index (χ1) is 13.7. The first-order valence-corrected chi connectivity index (χ1v) is 12.4. The molecule has 3 rings (SSSR count). The lowest BCUT2D eigenvalue weighted by Gasteiger charge is -2.17. The Balaban J connectivity index is 1.90. The van der Waals surface area contributed by atoms with Crippen LogP contribution in [0.25, 0.3) is 0 Å². The summed E-state index contributed by atoms with van der Waals surface area (Å²) in [6, 6.07) is 11.6. The van der Waals surface area contributed by atoms with Gasteiger partial charge in [-0.15, -0.1) is 4.40 Å². The third-order valence-corrected chi connectivity index (χ3v) is 7.75. The number of amidine groups is 1. The van der Waals surface area contributed by atoms with E-state index in [0.717, 1.165) is 25.8 Å². The second kappa shape index (κ2) is 8.73. The average molecular weight is 456 g/mol. The molecule has 1 fully saturated rings. The average Bonchev–Trinajstić information content (AvgIpc) is 2.86. The minimum atomic E-state index is -3.97. The van der Waals surface area contributed by atoms with Crippen molar-refractivity contribution in [3.8, 4) is 0 Å². The van der Waals surface area contributed by atoms with Crippen molar-refractivity contribution in [3.05, 3.63) is 53.6 Å². The van der Waals surface area contributed by atoms with Crippen LogP contribution in [0.3, 0.4) is 0 Å². The number of hydrogen-bond acceptors (Lipinski definition) is 4. The molecule has 0 bridgehead atoms. The van der Waals surface area contributed by atoms with Crippen LogP contribution >= 0.6 is 11.6 Å². The molecule has 0 amide bonds. The molecule has 156 valence electrons. The minimum Gasteiger partial charge on any atom is -0.362 e. The van der Waals surface area contributed by atoms with Crippen LogP contribution in [-0.4, -0.2) is 41.2 Å². The van der Waals surface area contributed by atoms with Crippen molar-refractivity contribution in [2.24, 2.45) is 4.40 Å². The SMILES string of the molecule is CN1CCCCCC1=NS(=O)(=O)c1cccc(NS(=O)(=O)c2ccccc2Cl)c1. The lowest BCUT2D eigenvalue weighted by Crippen LogP contribution is -2.26. The molecule has 7 nitrogen and oxygen atoms in total. The summed E-state index contributed by atoms with van der Waals surface area (Å²) in [7, 11) is -6.12. The molecule has 0 saturated carbocycles. The van der Waals surface area contributed by atoms with Crippen molar-refractivity contribution >= 4 is 43.2 Å². The molecule has 1 heterocycles. The first kappa shape index (κ1) is 21.6. The number of anilines is 1. The highest BCUT2D eigenvalue weighted by Gasteiger charge is 2.21. The van der Waals surface area contributed by atoms with E-state index in [1.165, 1.54) is 36.4 Å². The summed E-state index contributed by atoms with van der Waals surface area (Å²) >= 11 is 5.98. The standard InChI is InChI=1S/C19H22ClN3O4S2/c1-23-13-6-2-3-12-19(23)22-28(24,25)16-9-7-8-15(14-16)21-29(26,27)18-11-5-4-10-17(18)20/h4-5,7-11,14,21H,2-3,6,12-13H2,1H3. The molecule has 1 saturated heterocycles. The number of rotatable bonds is 5. The van der Waals surface area contributed by atoms with Crippen LogP contribution in [0.15, 0.2) is 62.7 Å². The van der Waals surface area contributed by atoms with Gasteiger partial charge in [0.25, 0.3) is 20.0 Å². The highest BCUT2D eigenvalue weighted by atomic mass is 35.5. The van der Waals surface area contributed by atoms with E-state index in [4.69, 9.17) is 11.6 Å². The third kappa shape index (κ3) is 5.29. The molecular formula is C19H22ClN3O4S2. The van der Waals surface area contributed by atoms with Gasteiger partial charge < -0.3 is 4.90 Å². The summed E-state index contributed by atoms with van der Waals surface area (Å²) in [6.45, 7) is 0.756.